The van der Waals surface area contributed by atoms with Gasteiger partial charge in [0.15, 0.2) is 5.96 Å². The molecule has 136 valence electrons. The van der Waals surface area contributed by atoms with Crippen LogP contribution in [0, 0.1) is 5.92 Å². The average molecular weight is 454 g/mol. The highest BCUT2D eigenvalue weighted by molar-refractivity contribution is 14.0. The average Bonchev–Trinajstić information content (AvgIpc) is 2.99. The van der Waals surface area contributed by atoms with Gasteiger partial charge in [0.25, 0.3) is 0 Å². The molecule has 2 fully saturated rings. The second-order valence-corrected chi connectivity index (χ2v) is 7.91. The van der Waals surface area contributed by atoms with E-state index in [4.69, 9.17) is 4.99 Å². The molecular formula is C17H35IN4S. The van der Waals surface area contributed by atoms with Crippen LogP contribution < -0.4 is 5.32 Å². The van der Waals surface area contributed by atoms with Crippen molar-refractivity contribution in [3.8, 4) is 0 Å². The lowest BCUT2D eigenvalue weighted by molar-refractivity contribution is 0.325. The fourth-order valence-corrected chi connectivity index (χ4v) is 4.56. The fraction of sp³-hybridized carbons (Fsp3) is 0.941. The SMILES string of the molecule is CCCN1CCC(CN=C(NCC)N2CCSC(CC)C2)C1.I. The van der Waals surface area contributed by atoms with E-state index >= 15 is 0 Å². The maximum atomic E-state index is 4.98. The summed E-state index contributed by atoms with van der Waals surface area (Å²) in [5, 5.41) is 4.28. The quantitative estimate of drug-likeness (QED) is 0.380. The minimum absolute atomic E-state index is 0. The molecule has 0 amide bonds. The Morgan fingerprint density at radius 2 is 2.04 bits per heavy atom. The van der Waals surface area contributed by atoms with Gasteiger partial charge >= 0.3 is 0 Å². The smallest absolute Gasteiger partial charge is 0.193 e. The summed E-state index contributed by atoms with van der Waals surface area (Å²) in [6, 6.07) is 0. The highest BCUT2D eigenvalue weighted by Gasteiger charge is 2.24. The summed E-state index contributed by atoms with van der Waals surface area (Å²) in [4.78, 5) is 10.1. The van der Waals surface area contributed by atoms with Crippen molar-refractivity contribution in [2.75, 3.05) is 51.6 Å². The van der Waals surface area contributed by atoms with Crippen LogP contribution in [0.1, 0.15) is 40.0 Å². The molecule has 0 aromatic carbocycles. The predicted octanol–water partition coefficient (Wildman–Crippen LogP) is 3.13. The van der Waals surface area contributed by atoms with Crippen molar-refractivity contribution in [1.82, 2.24) is 15.1 Å². The number of likely N-dealkylation sites (tertiary alicyclic amines) is 1. The number of halogens is 1. The monoisotopic (exact) mass is 454 g/mol. The zero-order valence-electron chi connectivity index (χ0n) is 15.1. The second kappa shape index (κ2) is 11.8. The van der Waals surface area contributed by atoms with Crippen LogP contribution in [0.2, 0.25) is 0 Å². The van der Waals surface area contributed by atoms with Crippen molar-refractivity contribution in [2.24, 2.45) is 10.9 Å². The maximum Gasteiger partial charge on any atom is 0.193 e. The van der Waals surface area contributed by atoms with Crippen molar-refractivity contribution >= 4 is 41.7 Å². The summed E-state index contributed by atoms with van der Waals surface area (Å²) in [5.41, 5.74) is 0. The van der Waals surface area contributed by atoms with Crippen molar-refractivity contribution in [3.05, 3.63) is 0 Å². The zero-order valence-corrected chi connectivity index (χ0v) is 18.2. The molecule has 4 nitrogen and oxygen atoms in total. The largest absolute Gasteiger partial charge is 0.357 e. The Kier molecular flexibility index (Phi) is 10.9. The van der Waals surface area contributed by atoms with E-state index in [0.717, 1.165) is 43.3 Å². The number of nitrogens with zero attached hydrogens (tertiary/aromatic N) is 3. The molecule has 0 aromatic heterocycles. The molecule has 2 aliphatic heterocycles. The van der Waals surface area contributed by atoms with Crippen molar-refractivity contribution < 1.29 is 0 Å². The van der Waals surface area contributed by atoms with Gasteiger partial charge in [0, 0.05) is 43.7 Å². The standard InChI is InChI=1S/C17H34N4S.HI/c1-4-8-20-9-7-15(13-20)12-19-17(18-6-3)21-10-11-22-16(5-2)14-21;/h15-16H,4-14H2,1-3H3,(H,18,19);1H. The van der Waals surface area contributed by atoms with Gasteiger partial charge in [-0.1, -0.05) is 13.8 Å². The van der Waals surface area contributed by atoms with E-state index in [1.54, 1.807) is 0 Å². The minimum Gasteiger partial charge on any atom is -0.357 e. The number of nitrogens with one attached hydrogen (secondary N) is 1. The van der Waals surface area contributed by atoms with Crippen LogP contribution in [0.15, 0.2) is 4.99 Å². The lowest BCUT2D eigenvalue weighted by Gasteiger charge is -2.34. The highest BCUT2D eigenvalue weighted by Crippen LogP contribution is 2.21. The van der Waals surface area contributed by atoms with Crippen LogP contribution in [0.3, 0.4) is 0 Å². The van der Waals surface area contributed by atoms with E-state index in [2.05, 4.69) is 47.6 Å². The number of hydrogen-bond donors (Lipinski definition) is 1. The van der Waals surface area contributed by atoms with Gasteiger partial charge in [-0.15, -0.1) is 24.0 Å². The summed E-state index contributed by atoms with van der Waals surface area (Å²) in [6.45, 7) is 14.7. The summed E-state index contributed by atoms with van der Waals surface area (Å²) in [5.74, 6) is 3.13. The Morgan fingerprint density at radius 3 is 2.74 bits per heavy atom. The zero-order chi connectivity index (χ0) is 15.8. The van der Waals surface area contributed by atoms with Gasteiger partial charge in [0.2, 0.25) is 0 Å². The van der Waals surface area contributed by atoms with Gasteiger partial charge in [0.1, 0.15) is 0 Å². The molecule has 0 spiro atoms. The number of guanidine groups is 1. The fourth-order valence-electron chi connectivity index (χ4n) is 3.38. The first kappa shape index (κ1) is 21.4. The second-order valence-electron chi connectivity index (χ2n) is 6.50. The van der Waals surface area contributed by atoms with Crippen LogP contribution in [-0.4, -0.2) is 72.6 Å². The first-order valence-corrected chi connectivity index (χ1v) is 10.2. The molecule has 2 saturated heterocycles. The van der Waals surface area contributed by atoms with Crippen LogP contribution in [0.25, 0.3) is 0 Å². The van der Waals surface area contributed by atoms with E-state index in [1.165, 1.54) is 44.6 Å². The van der Waals surface area contributed by atoms with Gasteiger partial charge in [0.05, 0.1) is 0 Å². The molecule has 23 heavy (non-hydrogen) atoms. The van der Waals surface area contributed by atoms with Crippen LogP contribution in [-0.2, 0) is 0 Å². The van der Waals surface area contributed by atoms with Crippen molar-refractivity contribution in [1.29, 1.82) is 0 Å². The molecule has 0 radical (unpaired) electrons. The summed E-state index contributed by atoms with van der Waals surface area (Å²) >= 11 is 2.12. The number of rotatable bonds is 6. The third-order valence-corrected chi connectivity index (χ3v) is 6.01. The first-order chi connectivity index (χ1) is 10.8. The number of hydrogen-bond acceptors (Lipinski definition) is 3. The molecule has 0 bridgehead atoms. The summed E-state index contributed by atoms with van der Waals surface area (Å²) in [6.07, 6.45) is 3.84. The molecule has 2 aliphatic rings. The molecular weight excluding hydrogens is 419 g/mol. The van der Waals surface area contributed by atoms with Gasteiger partial charge in [-0.25, -0.2) is 0 Å². The number of thioether (sulfide) groups is 1. The lowest BCUT2D eigenvalue weighted by atomic mass is 10.1. The van der Waals surface area contributed by atoms with E-state index in [1.807, 2.05) is 0 Å². The van der Waals surface area contributed by atoms with Crippen LogP contribution in [0.5, 0.6) is 0 Å². The molecule has 6 heteroatoms. The van der Waals surface area contributed by atoms with E-state index in [9.17, 15) is 0 Å². The Hall–Kier alpha value is 0.310. The molecule has 0 aliphatic carbocycles. The maximum absolute atomic E-state index is 4.98. The Balaban J connectivity index is 0.00000264. The minimum atomic E-state index is 0. The van der Waals surface area contributed by atoms with E-state index in [-0.39, 0.29) is 24.0 Å². The Labute approximate surface area is 164 Å². The van der Waals surface area contributed by atoms with E-state index in [0.29, 0.717) is 0 Å². The van der Waals surface area contributed by atoms with Gasteiger partial charge in [-0.2, -0.15) is 11.8 Å². The molecule has 2 heterocycles. The van der Waals surface area contributed by atoms with E-state index < -0.39 is 0 Å². The van der Waals surface area contributed by atoms with Gasteiger partial charge in [-0.3, -0.25) is 4.99 Å². The molecule has 0 aromatic rings. The predicted molar refractivity (Wildman–Crippen MR) is 114 cm³/mol. The normalized spacial score (nSPS) is 26.2. The summed E-state index contributed by atoms with van der Waals surface area (Å²) in [7, 11) is 0. The topological polar surface area (TPSA) is 30.9 Å². The Bertz CT molecular complexity index is 353. The molecule has 2 atom stereocenters. The van der Waals surface area contributed by atoms with Crippen molar-refractivity contribution in [2.45, 2.75) is 45.3 Å². The molecule has 1 N–H and O–H groups in total. The number of aliphatic imine (C=N–C) groups is 1. The molecule has 2 rings (SSSR count). The van der Waals surface area contributed by atoms with Crippen molar-refractivity contribution in [3.63, 3.8) is 0 Å². The summed E-state index contributed by atoms with van der Waals surface area (Å²) < 4.78 is 0. The molecule has 2 unspecified atom stereocenters. The Morgan fingerprint density at radius 1 is 1.22 bits per heavy atom. The van der Waals surface area contributed by atoms with Crippen LogP contribution >= 0.6 is 35.7 Å². The van der Waals surface area contributed by atoms with Gasteiger partial charge < -0.3 is 15.1 Å². The highest BCUT2D eigenvalue weighted by atomic mass is 127. The third-order valence-electron chi connectivity index (χ3n) is 4.64. The van der Waals surface area contributed by atoms with Crippen LogP contribution in [0.4, 0.5) is 0 Å². The third kappa shape index (κ3) is 6.98. The molecule has 0 saturated carbocycles. The lowest BCUT2D eigenvalue weighted by Crippen LogP contribution is -2.48. The van der Waals surface area contributed by atoms with Gasteiger partial charge in [-0.05, 0) is 45.2 Å². The first-order valence-electron chi connectivity index (χ1n) is 9.14.